The topological polar surface area (TPSA) is 193 Å². The number of carbonyl (C=O) groups excluding carboxylic acids is 2. The summed E-state index contributed by atoms with van der Waals surface area (Å²) in [5.74, 6) is -13.4. The molecule has 2 fully saturated rings. The summed E-state index contributed by atoms with van der Waals surface area (Å²) in [6.45, 7) is 0. The van der Waals surface area contributed by atoms with Crippen molar-refractivity contribution in [1.82, 2.24) is 0 Å². The van der Waals surface area contributed by atoms with Gasteiger partial charge in [-0.05, 0) is 25.7 Å². The van der Waals surface area contributed by atoms with Crippen LogP contribution < -0.4 is 0 Å². The summed E-state index contributed by atoms with van der Waals surface area (Å²) in [5.41, 5.74) is -5.06. The lowest BCUT2D eigenvalue weighted by Crippen LogP contribution is -2.51. The lowest BCUT2D eigenvalue weighted by molar-refractivity contribution is -0.189. The summed E-state index contributed by atoms with van der Waals surface area (Å²) in [4.78, 5) is 71.1. The van der Waals surface area contributed by atoms with Gasteiger partial charge < -0.3 is 25.2 Å². The third-order valence-electron chi connectivity index (χ3n) is 5.59. The highest BCUT2D eigenvalue weighted by Gasteiger charge is 2.64. The van der Waals surface area contributed by atoms with Crippen LogP contribution in [0.3, 0.4) is 0 Å². The van der Waals surface area contributed by atoms with Gasteiger partial charge in [-0.2, -0.15) is 0 Å². The van der Waals surface area contributed by atoms with E-state index < -0.39 is 71.3 Å². The Morgan fingerprint density at radius 2 is 1.00 bits per heavy atom. The second-order valence-electron chi connectivity index (χ2n) is 6.80. The molecule has 2 rings (SSSR count). The molecule has 4 unspecified atom stereocenters. The van der Waals surface area contributed by atoms with Crippen LogP contribution in [-0.2, 0) is 33.5 Å². The van der Waals surface area contributed by atoms with Crippen LogP contribution in [0.15, 0.2) is 0 Å². The van der Waals surface area contributed by atoms with E-state index in [2.05, 4.69) is 4.74 Å². The molecule has 2 aliphatic rings. The largest absolute Gasteiger partial charge is 0.481 e. The van der Waals surface area contributed by atoms with Crippen LogP contribution in [-0.4, -0.2) is 56.2 Å². The van der Waals surface area contributed by atoms with Crippen LogP contribution >= 0.6 is 0 Å². The molecule has 0 saturated heterocycles. The Balaban J connectivity index is 2.39. The zero-order chi connectivity index (χ0) is 20.6. The molecule has 148 valence electrons. The summed E-state index contributed by atoms with van der Waals surface area (Å²) >= 11 is 0. The lowest BCUT2D eigenvalue weighted by atomic mass is 9.76. The number of hydrogen-bond acceptors (Lipinski definition) is 7. The summed E-state index contributed by atoms with van der Waals surface area (Å²) in [6, 6.07) is 0. The fourth-order valence-electron chi connectivity index (χ4n) is 4.12. The number of rotatable bonds is 6. The van der Waals surface area contributed by atoms with Gasteiger partial charge in [-0.25, -0.2) is 0 Å². The van der Waals surface area contributed by atoms with Gasteiger partial charge >= 0.3 is 35.8 Å². The molecule has 0 aromatic carbocycles. The Bertz CT molecular complexity index is 666. The molecular formula is C16H18O11. The Hall–Kier alpha value is -2.98. The normalized spacial score (nSPS) is 32.6. The molecule has 11 heteroatoms. The van der Waals surface area contributed by atoms with E-state index in [1.165, 1.54) is 0 Å². The minimum atomic E-state index is -2.53. The maximum absolute atomic E-state index is 12.5. The van der Waals surface area contributed by atoms with Gasteiger partial charge in [-0.3, -0.25) is 28.8 Å². The van der Waals surface area contributed by atoms with Crippen molar-refractivity contribution in [2.24, 2.45) is 22.7 Å². The number of esters is 2. The molecule has 0 spiro atoms. The first-order valence-corrected chi connectivity index (χ1v) is 8.21. The average molecular weight is 386 g/mol. The highest BCUT2D eigenvalue weighted by molar-refractivity contribution is 6.11. The van der Waals surface area contributed by atoms with Gasteiger partial charge in [0.15, 0.2) is 10.8 Å². The van der Waals surface area contributed by atoms with Crippen molar-refractivity contribution in [2.75, 3.05) is 0 Å². The van der Waals surface area contributed by atoms with Gasteiger partial charge in [0.1, 0.15) is 0 Å². The smallest absolute Gasteiger partial charge is 0.332 e. The zero-order valence-corrected chi connectivity index (χ0v) is 14.0. The van der Waals surface area contributed by atoms with Crippen LogP contribution in [0.5, 0.6) is 0 Å². The van der Waals surface area contributed by atoms with Crippen LogP contribution in [0.4, 0.5) is 0 Å². The molecule has 0 amide bonds. The van der Waals surface area contributed by atoms with Gasteiger partial charge in [0, 0.05) is 0 Å². The predicted molar refractivity (Wildman–Crippen MR) is 81.2 cm³/mol. The van der Waals surface area contributed by atoms with Gasteiger partial charge in [-0.15, -0.1) is 0 Å². The van der Waals surface area contributed by atoms with Gasteiger partial charge in [0.05, 0.1) is 11.8 Å². The molecule has 2 saturated carbocycles. The van der Waals surface area contributed by atoms with Crippen LogP contribution in [0.1, 0.15) is 38.5 Å². The maximum Gasteiger partial charge on any atom is 0.332 e. The monoisotopic (exact) mass is 386 g/mol. The molecule has 0 aromatic heterocycles. The van der Waals surface area contributed by atoms with Crippen LogP contribution in [0, 0.1) is 22.7 Å². The second-order valence-corrected chi connectivity index (χ2v) is 6.80. The molecule has 0 bridgehead atoms. The fraction of sp³-hybridized carbons (Fsp3) is 0.625. The number of carboxylic acid groups (broad SMARTS) is 4. The van der Waals surface area contributed by atoms with Crippen LogP contribution in [0.2, 0.25) is 0 Å². The number of carboxylic acids is 4. The highest BCUT2D eigenvalue weighted by Crippen LogP contribution is 2.48. The molecule has 27 heavy (non-hydrogen) atoms. The molecule has 0 aromatic rings. The van der Waals surface area contributed by atoms with Crippen molar-refractivity contribution < 1.29 is 53.9 Å². The molecule has 0 aliphatic heterocycles. The summed E-state index contributed by atoms with van der Waals surface area (Å²) in [6.07, 6.45) is -0.899. The molecule has 11 nitrogen and oxygen atoms in total. The van der Waals surface area contributed by atoms with Gasteiger partial charge in [0.2, 0.25) is 0 Å². The van der Waals surface area contributed by atoms with E-state index >= 15 is 0 Å². The van der Waals surface area contributed by atoms with E-state index in [9.17, 15) is 49.2 Å². The van der Waals surface area contributed by atoms with Crippen molar-refractivity contribution in [2.45, 2.75) is 38.5 Å². The molecule has 4 N–H and O–H groups in total. The fourth-order valence-corrected chi connectivity index (χ4v) is 4.12. The molecule has 4 atom stereocenters. The molecular weight excluding hydrogens is 368 g/mol. The zero-order valence-electron chi connectivity index (χ0n) is 14.0. The molecule has 0 radical (unpaired) electrons. The summed E-state index contributed by atoms with van der Waals surface area (Å²) in [7, 11) is 0. The minimum Gasteiger partial charge on any atom is -0.481 e. The van der Waals surface area contributed by atoms with E-state index in [1.807, 2.05) is 0 Å². The predicted octanol–water partition coefficient (Wildman–Crippen LogP) is -0.0324. The number of aliphatic carboxylic acids is 4. The van der Waals surface area contributed by atoms with Gasteiger partial charge in [0.25, 0.3) is 0 Å². The minimum absolute atomic E-state index is 0.0778. The quantitative estimate of drug-likeness (QED) is 0.354. The highest BCUT2D eigenvalue weighted by atomic mass is 16.6. The van der Waals surface area contributed by atoms with Crippen molar-refractivity contribution in [3.05, 3.63) is 0 Å². The summed E-state index contributed by atoms with van der Waals surface area (Å²) < 4.78 is 4.54. The Morgan fingerprint density at radius 1 is 0.667 bits per heavy atom. The Labute approximate surface area is 151 Å². The lowest BCUT2D eigenvalue weighted by Gasteiger charge is -2.29. The Kier molecular flexibility index (Phi) is 5.25. The molecule has 2 aliphatic carbocycles. The van der Waals surface area contributed by atoms with E-state index in [-0.39, 0.29) is 25.7 Å². The number of carbonyl (C=O) groups is 6. The third kappa shape index (κ3) is 2.92. The maximum atomic E-state index is 12.5. The Morgan fingerprint density at radius 3 is 1.26 bits per heavy atom. The van der Waals surface area contributed by atoms with E-state index in [0.717, 1.165) is 0 Å². The van der Waals surface area contributed by atoms with E-state index in [0.29, 0.717) is 0 Å². The van der Waals surface area contributed by atoms with Crippen molar-refractivity contribution in [3.8, 4) is 0 Å². The molecule has 0 heterocycles. The van der Waals surface area contributed by atoms with E-state index in [4.69, 9.17) is 0 Å². The average Bonchev–Trinajstić information content (AvgIpc) is 3.20. The standard InChI is InChI=1S/C16H18O11/c17-9(18)7-3-1-5-15(7,11(21)22)13(25)27-14(26)16(12(23)24)6-2-4-8(16)10(19)20/h7-8H,1-6H2,(H,17,18)(H,19,20)(H,21,22)(H,23,24). The third-order valence-corrected chi connectivity index (χ3v) is 5.59. The van der Waals surface area contributed by atoms with Gasteiger partial charge in [-0.1, -0.05) is 12.8 Å². The first-order valence-electron chi connectivity index (χ1n) is 8.21. The summed E-state index contributed by atoms with van der Waals surface area (Å²) in [5, 5.41) is 37.4. The first kappa shape index (κ1) is 20.3. The van der Waals surface area contributed by atoms with Crippen LogP contribution in [0.25, 0.3) is 0 Å². The van der Waals surface area contributed by atoms with E-state index in [1.54, 1.807) is 0 Å². The second kappa shape index (κ2) is 6.97. The van der Waals surface area contributed by atoms with Crippen molar-refractivity contribution >= 4 is 35.8 Å². The first-order chi connectivity index (χ1) is 12.5. The van der Waals surface area contributed by atoms with Crippen molar-refractivity contribution in [1.29, 1.82) is 0 Å². The SMILES string of the molecule is O=C(O)C1CCCC1(C(=O)O)C(=O)OC(=O)C1(C(=O)O)CCCC1C(=O)O. The van der Waals surface area contributed by atoms with Crippen molar-refractivity contribution in [3.63, 3.8) is 0 Å². The number of ether oxygens (including phenoxy) is 1. The number of hydrogen-bond donors (Lipinski definition) is 4.